The molecule has 0 aromatic heterocycles. The number of aliphatic imine (C=N–C) groups is 1. The van der Waals surface area contributed by atoms with E-state index >= 15 is 0 Å². The van der Waals surface area contributed by atoms with Crippen LogP contribution in [-0.2, 0) is 9.47 Å². The quantitative estimate of drug-likeness (QED) is 0.259. The number of hydrogen-bond acceptors (Lipinski definition) is 3. The second-order valence-electron chi connectivity index (χ2n) is 6.44. The molecule has 1 fully saturated rings. The summed E-state index contributed by atoms with van der Waals surface area (Å²) in [6.07, 6.45) is 6.45. The molecule has 1 saturated carbocycles. The number of halogens is 1. The van der Waals surface area contributed by atoms with Crippen LogP contribution in [0.15, 0.2) is 4.99 Å². The van der Waals surface area contributed by atoms with Gasteiger partial charge in [-0.25, -0.2) is 0 Å². The van der Waals surface area contributed by atoms with Crippen molar-refractivity contribution in [2.75, 3.05) is 54.1 Å². The summed E-state index contributed by atoms with van der Waals surface area (Å²) in [6, 6.07) is 0. The topological polar surface area (TPSA) is 46.1 Å². The minimum Gasteiger partial charge on any atom is -0.382 e. The molecule has 1 N–H and O–H groups in total. The van der Waals surface area contributed by atoms with Crippen LogP contribution in [0.4, 0.5) is 0 Å². The first-order valence-electron chi connectivity index (χ1n) is 8.65. The van der Waals surface area contributed by atoms with Crippen molar-refractivity contribution in [3.05, 3.63) is 0 Å². The highest BCUT2D eigenvalue weighted by atomic mass is 127. The third-order valence-corrected chi connectivity index (χ3v) is 4.42. The van der Waals surface area contributed by atoms with Gasteiger partial charge in [0.05, 0.1) is 13.2 Å². The van der Waals surface area contributed by atoms with Gasteiger partial charge in [0.2, 0.25) is 0 Å². The van der Waals surface area contributed by atoms with Crippen LogP contribution in [0.3, 0.4) is 0 Å². The van der Waals surface area contributed by atoms with Crippen LogP contribution < -0.4 is 5.32 Å². The first kappa shape index (κ1) is 22.9. The fourth-order valence-corrected chi connectivity index (χ4v) is 2.99. The monoisotopic (exact) mass is 441 g/mol. The van der Waals surface area contributed by atoms with Gasteiger partial charge in [-0.3, -0.25) is 4.99 Å². The lowest BCUT2D eigenvalue weighted by atomic mass is 9.83. The van der Waals surface area contributed by atoms with Gasteiger partial charge in [0.1, 0.15) is 0 Å². The second-order valence-corrected chi connectivity index (χ2v) is 6.44. The van der Waals surface area contributed by atoms with Crippen molar-refractivity contribution >= 4 is 29.9 Å². The molecule has 0 heterocycles. The number of ether oxygens (including phenoxy) is 2. The van der Waals surface area contributed by atoms with Gasteiger partial charge in [0, 0.05) is 40.9 Å². The van der Waals surface area contributed by atoms with E-state index in [9.17, 15) is 0 Å². The average molecular weight is 441 g/mol. The molecule has 23 heavy (non-hydrogen) atoms. The molecule has 0 aromatic carbocycles. The van der Waals surface area contributed by atoms with Crippen molar-refractivity contribution < 1.29 is 9.47 Å². The molecule has 0 atom stereocenters. The zero-order valence-electron chi connectivity index (χ0n) is 15.3. The average Bonchev–Trinajstić information content (AvgIpc) is 2.52. The Kier molecular flexibility index (Phi) is 14.2. The molecule has 0 aliphatic heterocycles. The number of rotatable bonds is 9. The largest absolute Gasteiger partial charge is 0.382 e. The lowest BCUT2D eigenvalue weighted by molar-refractivity contribution is 0.0698. The van der Waals surface area contributed by atoms with E-state index in [-0.39, 0.29) is 24.0 Å². The Hall–Kier alpha value is -0.0800. The lowest BCUT2D eigenvalue weighted by Gasteiger charge is -2.31. The molecule has 1 aliphatic carbocycles. The number of nitrogens with zero attached hydrogens (tertiary/aromatic N) is 2. The van der Waals surface area contributed by atoms with Crippen LogP contribution in [0.1, 0.15) is 39.0 Å². The Morgan fingerprint density at radius 1 is 1.17 bits per heavy atom. The number of nitrogens with one attached hydrogen (secondary N) is 1. The van der Waals surface area contributed by atoms with Crippen LogP contribution in [-0.4, -0.2) is 65.0 Å². The molecule has 5 nitrogen and oxygen atoms in total. The van der Waals surface area contributed by atoms with Crippen molar-refractivity contribution in [2.24, 2.45) is 16.8 Å². The van der Waals surface area contributed by atoms with Gasteiger partial charge in [0.15, 0.2) is 5.96 Å². The maximum atomic E-state index is 5.46. The standard InChI is InChI=1S/C17H35N3O2.HI/c1-15-6-8-16(9-7-15)14-20(3)17(18-2)19-10-5-11-22-13-12-21-4;/h15-16H,5-14H2,1-4H3,(H,18,19);1H. The Bertz CT molecular complexity index is 308. The maximum Gasteiger partial charge on any atom is 0.193 e. The van der Waals surface area contributed by atoms with E-state index in [2.05, 4.69) is 29.2 Å². The molecule has 0 aromatic rings. The zero-order chi connectivity index (χ0) is 16.2. The first-order chi connectivity index (χ1) is 10.7. The summed E-state index contributed by atoms with van der Waals surface area (Å²) in [5.41, 5.74) is 0. The highest BCUT2D eigenvalue weighted by Crippen LogP contribution is 2.28. The summed E-state index contributed by atoms with van der Waals surface area (Å²) in [5.74, 6) is 2.73. The van der Waals surface area contributed by atoms with E-state index in [1.807, 2.05) is 7.05 Å². The zero-order valence-corrected chi connectivity index (χ0v) is 17.7. The van der Waals surface area contributed by atoms with Crippen molar-refractivity contribution in [3.8, 4) is 0 Å². The van der Waals surface area contributed by atoms with Crippen molar-refractivity contribution in [3.63, 3.8) is 0 Å². The Balaban J connectivity index is 0.00000484. The normalized spacial score (nSPS) is 21.7. The van der Waals surface area contributed by atoms with Crippen LogP contribution in [0.25, 0.3) is 0 Å². The third-order valence-electron chi connectivity index (χ3n) is 4.42. The van der Waals surface area contributed by atoms with Crippen LogP contribution in [0.5, 0.6) is 0 Å². The lowest BCUT2D eigenvalue weighted by Crippen LogP contribution is -2.42. The maximum absolute atomic E-state index is 5.46. The van der Waals surface area contributed by atoms with Gasteiger partial charge in [-0.2, -0.15) is 0 Å². The molecule has 6 heteroatoms. The molecule has 0 saturated heterocycles. The summed E-state index contributed by atoms with van der Waals surface area (Å²) in [4.78, 5) is 6.66. The summed E-state index contributed by atoms with van der Waals surface area (Å²) >= 11 is 0. The van der Waals surface area contributed by atoms with E-state index in [1.54, 1.807) is 7.11 Å². The van der Waals surface area contributed by atoms with Crippen LogP contribution in [0.2, 0.25) is 0 Å². The molecular formula is C17H36IN3O2. The van der Waals surface area contributed by atoms with E-state index < -0.39 is 0 Å². The molecule has 0 amide bonds. The number of methoxy groups -OCH3 is 1. The highest BCUT2D eigenvalue weighted by molar-refractivity contribution is 14.0. The summed E-state index contributed by atoms with van der Waals surface area (Å²) in [6.45, 7) is 6.47. The van der Waals surface area contributed by atoms with E-state index in [1.165, 1.54) is 25.7 Å². The number of guanidine groups is 1. The summed E-state index contributed by atoms with van der Waals surface area (Å²) in [5, 5.41) is 3.42. The molecule has 0 unspecified atom stereocenters. The molecule has 0 radical (unpaired) electrons. The highest BCUT2D eigenvalue weighted by Gasteiger charge is 2.20. The Labute approximate surface area is 159 Å². The predicted octanol–water partition coefficient (Wildman–Crippen LogP) is 2.99. The minimum atomic E-state index is 0. The van der Waals surface area contributed by atoms with Gasteiger partial charge in [0.25, 0.3) is 0 Å². The third kappa shape index (κ3) is 10.4. The summed E-state index contributed by atoms with van der Waals surface area (Å²) in [7, 11) is 5.69. The fraction of sp³-hybridized carbons (Fsp3) is 0.941. The van der Waals surface area contributed by atoms with Crippen molar-refractivity contribution in [2.45, 2.75) is 39.0 Å². The Morgan fingerprint density at radius 2 is 1.87 bits per heavy atom. The first-order valence-corrected chi connectivity index (χ1v) is 8.65. The van der Waals surface area contributed by atoms with Gasteiger partial charge in [-0.1, -0.05) is 19.8 Å². The van der Waals surface area contributed by atoms with Crippen molar-refractivity contribution in [1.82, 2.24) is 10.2 Å². The van der Waals surface area contributed by atoms with Crippen LogP contribution >= 0.6 is 24.0 Å². The van der Waals surface area contributed by atoms with Gasteiger partial charge < -0.3 is 19.7 Å². The summed E-state index contributed by atoms with van der Waals surface area (Å²) < 4.78 is 10.4. The molecular weight excluding hydrogens is 405 g/mol. The van der Waals surface area contributed by atoms with Gasteiger partial charge in [-0.15, -0.1) is 24.0 Å². The molecule has 1 rings (SSSR count). The van der Waals surface area contributed by atoms with Gasteiger partial charge >= 0.3 is 0 Å². The van der Waals surface area contributed by atoms with Gasteiger partial charge in [-0.05, 0) is 31.1 Å². The van der Waals surface area contributed by atoms with E-state index in [0.29, 0.717) is 13.2 Å². The number of hydrogen-bond donors (Lipinski definition) is 1. The molecule has 0 bridgehead atoms. The van der Waals surface area contributed by atoms with E-state index in [0.717, 1.165) is 43.9 Å². The van der Waals surface area contributed by atoms with E-state index in [4.69, 9.17) is 9.47 Å². The molecule has 1 aliphatic rings. The fourth-order valence-electron chi connectivity index (χ4n) is 2.99. The molecule has 138 valence electrons. The Morgan fingerprint density at radius 3 is 2.48 bits per heavy atom. The SMILES string of the molecule is CN=C(NCCCOCCOC)N(C)CC1CCC(C)CC1.I. The minimum absolute atomic E-state index is 0. The van der Waals surface area contributed by atoms with Crippen LogP contribution in [0, 0.1) is 11.8 Å². The molecule has 0 spiro atoms. The predicted molar refractivity (Wildman–Crippen MR) is 108 cm³/mol. The smallest absolute Gasteiger partial charge is 0.193 e. The van der Waals surface area contributed by atoms with Crippen molar-refractivity contribution in [1.29, 1.82) is 0 Å². The second kappa shape index (κ2) is 14.3.